The third-order valence-corrected chi connectivity index (χ3v) is 6.95. The summed E-state index contributed by atoms with van der Waals surface area (Å²) in [5.74, 6) is 0. The Hall–Kier alpha value is -0.560. The molecule has 0 aromatic carbocycles. The standard InChI is InChI=1S/C20H40N4O10/c1-6(25)14-11(27)10(26)9(23)18(32-14)33-15-7(21)4-8(22)16(12(15)28)34-19-13(29)17(24-3)20(2,30)5-31-19/h6-19,24-30H,4-5,21-23H2,1-3H3/t6?,7-,8+,9+,10+,11-,12+,13-,14+,15+,16-,17-,18+,19-,20+/m0/s1. The van der Waals surface area contributed by atoms with Gasteiger partial charge in [-0.2, -0.15) is 0 Å². The molecule has 0 amide bonds. The first-order valence-electron chi connectivity index (χ1n) is 11.4. The third-order valence-electron chi connectivity index (χ3n) is 6.95. The van der Waals surface area contributed by atoms with Gasteiger partial charge in [-0.1, -0.05) is 0 Å². The van der Waals surface area contributed by atoms with Gasteiger partial charge in [-0.15, -0.1) is 0 Å². The second-order valence-corrected chi connectivity index (χ2v) is 9.82. The molecular formula is C20H40N4O10. The lowest BCUT2D eigenvalue weighted by atomic mass is 9.84. The van der Waals surface area contributed by atoms with Crippen LogP contribution in [0.4, 0.5) is 0 Å². The SMILES string of the molecule is CN[C@H]1[C@H](O)[C@H](O[C@@H]2[C@H](O)[C@H](O[C@H]3O[C@H](C(C)O)[C@@H](O)[C@H](O)[C@H]3N)[C@@H](N)C[C@H]2N)OC[C@@]1(C)O. The predicted molar refractivity (Wildman–Crippen MR) is 116 cm³/mol. The molecule has 14 heteroatoms. The van der Waals surface area contributed by atoms with Gasteiger partial charge in [0.25, 0.3) is 0 Å². The number of aliphatic hydroxyl groups is 6. The maximum Gasteiger partial charge on any atom is 0.185 e. The van der Waals surface area contributed by atoms with E-state index in [1.807, 2.05) is 0 Å². The van der Waals surface area contributed by atoms with Gasteiger partial charge < -0.3 is 72.1 Å². The van der Waals surface area contributed by atoms with Crippen LogP contribution in [-0.4, -0.2) is 135 Å². The van der Waals surface area contributed by atoms with Crippen LogP contribution in [0.2, 0.25) is 0 Å². The zero-order valence-electron chi connectivity index (χ0n) is 19.5. The molecule has 1 aliphatic carbocycles. The van der Waals surface area contributed by atoms with E-state index in [1.165, 1.54) is 13.8 Å². The van der Waals surface area contributed by atoms with Crippen molar-refractivity contribution in [2.45, 2.75) is 111 Å². The number of aliphatic hydroxyl groups excluding tert-OH is 5. The molecule has 34 heavy (non-hydrogen) atoms. The second kappa shape index (κ2) is 10.8. The number of likely N-dealkylation sites (N-methyl/N-ethyl adjacent to an activating group) is 1. The summed E-state index contributed by atoms with van der Waals surface area (Å²) in [5.41, 5.74) is 17.0. The number of nitrogens with one attached hydrogen (secondary N) is 1. The van der Waals surface area contributed by atoms with Crippen LogP contribution in [0.3, 0.4) is 0 Å². The largest absolute Gasteiger partial charge is 0.391 e. The van der Waals surface area contributed by atoms with Crippen molar-refractivity contribution in [1.29, 1.82) is 0 Å². The molecule has 3 aliphatic rings. The van der Waals surface area contributed by atoms with Crippen molar-refractivity contribution in [2.75, 3.05) is 13.7 Å². The first kappa shape index (κ1) is 28.0. The average molecular weight is 497 g/mol. The highest BCUT2D eigenvalue weighted by molar-refractivity contribution is 5.02. The Kier molecular flexibility index (Phi) is 8.92. The molecule has 1 saturated carbocycles. The van der Waals surface area contributed by atoms with Crippen molar-refractivity contribution in [2.24, 2.45) is 17.2 Å². The van der Waals surface area contributed by atoms with E-state index >= 15 is 0 Å². The monoisotopic (exact) mass is 496 g/mol. The van der Waals surface area contributed by atoms with E-state index in [2.05, 4.69) is 5.32 Å². The van der Waals surface area contributed by atoms with Crippen molar-refractivity contribution in [3.63, 3.8) is 0 Å². The van der Waals surface area contributed by atoms with Crippen molar-refractivity contribution in [3.8, 4) is 0 Å². The molecule has 3 fully saturated rings. The van der Waals surface area contributed by atoms with E-state index < -0.39 is 91.2 Å². The van der Waals surface area contributed by atoms with Gasteiger partial charge in [-0.3, -0.25) is 0 Å². The van der Waals surface area contributed by atoms with Crippen LogP contribution in [0.15, 0.2) is 0 Å². The molecule has 14 nitrogen and oxygen atoms in total. The van der Waals surface area contributed by atoms with Gasteiger partial charge in [0.1, 0.15) is 48.3 Å². The highest BCUT2D eigenvalue weighted by Gasteiger charge is 2.52. The fourth-order valence-electron chi connectivity index (χ4n) is 4.95. The Morgan fingerprint density at radius 2 is 1.50 bits per heavy atom. The Morgan fingerprint density at radius 1 is 0.941 bits per heavy atom. The summed E-state index contributed by atoms with van der Waals surface area (Å²) in [5, 5.41) is 65.2. The average Bonchev–Trinajstić information content (AvgIpc) is 2.75. The smallest absolute Gasteiger partial charge is 0.185 e. The highest BCUT2D eigenvalue weighted by atomic mass is 16.7. The molecule has 2 heterocycles. The lowest BCUT2D eigenvalue weighted by Gasteiger charge is -2.49. The Balaban J connectivity index is 1.73. The fourth-order valence-corrected chi connectivity index (χ4v) is 4.95. The molecule has 200 valence electrons. The van der Waals surface area contributed by atoms with Crippen LogP contribution in [0.1, 0.15) is 20.3 Å². The normalized spacial score (nSPS) is 53.5. The summed E-state index contributed by atoms with van der Waals surface area (Å²) in [4.78, 5) is 0. The Morgan fingerprint density at radius 3 is 2.03 bits per heavy atom. The lowest BCUT2D eigenvalue weighted by Crippen LogP contribution is -2.69. The van der Waals surface area contributed by atoms with E-state index in [9.17, 15) is 30.6 Å². The van der Waals surface area contributed by atoms with Crippen LogP contribution in [0, 0.1) is 0 Å². The number of hydrogen-bond acceptors (Lipinski definition) is 14. The quantitative estimate of drug-likeness (QED) is 0.165. The highest BCUT2D eigenvalue weighted by Crippen LogP contribution is 2.32. The van der Waals surface area contributed by atoms with Gasteiger partial charge >= 0.3 is 0 Å². The molecule has 2 aliphatic heterocycles. The van der Waals surface area contributed by atoms with E-state index in [-0.39, 0.29) is 13.0 Å². The summed E-state index contributed by atoms with van der Waals surface area (Å²) in [6, 6.07) is -3.47. The number of hydrogen-bond donors (Lipinski definition) is 10. The Bertz CT molecular complexity index is 675. The van der Waals surface area contributed by atoms with Crippen LogP contribution in [0.5, 0.6) is 0 Å². The summed E-state index contributed by atoms with van der Waals surface area (Å²) in [7, 11) is 1.58. The van der Waals surface area contributed by atoms with E-state index in [4.69, 9.17) is 36.1 Å². The van der Waals surface area contributed by atoms with Crippen molar-refractivity contribution < 1.29 is 49.6 Å². The summed E-state index contributed by atoms with van der Waals surface area (Å²) < 4.78 is 22.8. The van der Waals surface area contributed by atoms with E-state index in [0.717, 1.165) is 0 Å². The lowest BCUT2D eigenvalue weighted by molar-refractivity contribution is -0.319. The number of ether oxygens (including phenoxy) is 4. The van der Waals surface area contributed by atoms with Gasteiger partial charge in [0, 0.05) is 12.1 Å². The second-order valence-electron chi connectivity index (χ2n) is 9.82. The fraction of sp³-hybridized carbons (Fsp3) is 1.00. The minimum absolute atomic E-state index is 0.135. The van der Waals surface area contributed by atoms with Gasteiger partial charge in [-0.05, 0) is 27.3 Å². The Labute approximate surface area is 197 Å². The molecule has 0 radical (unpaired) electrons. The summed E-state index contributed by atoms with van der Waals surface area (Å²) in [6.45, 7) is 2.75. The van der Waals surface area contributed by atoms with Crippen LogP contribution < -0.4 is 22.5 Å². The number of nitrogens with two attached hydrogens (primary N) is 3. The van der Waals surface area contributed by atoms with Gasteiger partial charge in [0.05, 0.1) is 24.8 Å². The molecule has 0 aromatic rings. The van der Waals surface area contributed by atoms with Gasteiger partial charge in [-0.25, -0.2) is 0 Å². The minimum atomic E-state index is -1.46. The zero-order valence-corrected chi connectivity index (χ0v) is 19.5. The molecule has 13 N–H and O–H groups in total. The molecule has 2 saturated heterocycles. The molecule has 0 bridgehead atoms. The van der Waals surface area contributed by atoms with Gasteiger partial charge in [0.15, 0.2) is 12.6 Å². The van der Waals surface area contributed by atoms with E-state index in [0.29, 0.717) is 0 Å². The molecule has 0 aromatic heterocycles. The topological polar surface area (TPSA) is 248 Å². The maximum atomic E-state index is 11.1. The predicted octanol–water partition coefficient (Wildman–Crippen LogP) is -5.61. The van der Waals surface area contributed by atoms with Crippen molar-refractivity contribution in [1.82, 2.24) is 5.32 Å². The molecule has 3 rings (SSSR count). The molecule has 15 atom stereocenters. The van der Waals surface area contributed by atoms with E-state index in [1.54, 1.807) is 7.05 Å². The maximum absolute atomic E-state index is 11.1. The van der Waals surface area contributed by atoms with Crippen molar-refractivity contribution >= 4 is 0 Å². The molecule has 1 unspecified atom stereocenters. The van der Waals surface area contributed by atoms with Crippen molar-refractivity contribution in [3.05, 3.63) is 0 Å². The summed E-state index contributed by atoms with van der Waals surface area (Å²) >= 11 is 0. The van der Waals surface area contributed by atoms with Crippen LogP contribution >= 0.6 is 0 Å². The molecule has 0 spiro atoms. The summed E-state index contributed by atoms with van der Waals surface area (Å²) in [6.07, 6.45) is -12.4. The first-order valence-corrected chi connectivity index (χ1v) is 11.4. The van der Waals surface area contributed by atoms with Crippen LogP contribution in [0.25, 0.3) is 0 Å². The zero-order chi connectivity index (χ0) is 25.5. The van der Waals surface area contributed by atoms with Crippen LogP contribution in [-0.2, 0) is 18.9 Å². The third kappa shape index (κ3) is 5.40. The molecular weight excluding hydrogens is 456 g/mol. The van der Waals surface area contributed by atoms with Gasteiger partial charge in [0.2, 0.25) is 0 Å². The first-order chi connectivity index (χ1) is 15.8. The minimum Gasteiger partial charge on any atom is -0.391 e. The number of rotatable bonds is 6.